The van der Waals surface area contributed by atoms with Crippen LogP contribution in [0.15, 0.2) is 18.2 Å². The van der Waals surface area contributed by atoms with Crippen LogP contribution in [0.5, 0.6) is 5.75 Å². The predicted molar refractivity (Wildman–Crippen MR) is 69.2 cm³/mol. The van der Waals surface area contributed by atoms with Crippen molar-refractivity contribution in [2.75, 3.05) is 25.6 Å². The fraction of sp³-hybridized carbons (Fsp3) is 0.500. The van der Waals surface area contributed by atoms with E-state index in [1.807, 2.05) is 19.0 Å². The quantitative estimate of drug-likeness (QED) is 0.640. The van der Waals surface area contributed by atoms with Crippen LogP contribution in [-0.2, 0) is 0 Å². The second-order valence-electron chi connectivity index (χ2n) is 4.90. The molecule has 0 aliphatic rings. The van der Waals surface area contributed by atoms with E-state index in [0.717, 1.165) is 5.69 Å². The molecule has 0 amide bonds. The summed E-state index contributed by atoms with van der Waals surface area (Å²) in [5.41, 5.74) is -0.349. The number of hydrogen-bond donors (Lipinski definition) is 1. The highest BCUT2D eigenvalue weighted by Gasteiger charge is 2.20. The highest BCUT2D eigenvalue weighted by Crippen LogP contribution is 2.31. The molecule has 6 heteroatoms. The lowest BCUT2D eigenvalue weighted by Gasteiger charge is -2.19. The summed E-state index contributed by atoms with van der Waals surface area (Å²) in [6, 6.07) is 4.63. The van der Waals surface area contributed by atoms with Crippen molar-refractivity contribution in [2.45, 2.75) is 19.4 Å². The van der Waals surface area contributed by atoms with Crippen molar-refractivity contribution in [1.82, 2.24) is 0 Å². The van der Waals surface area contributed by atoms with Gasteiger partial charge in [-0.2, -0.15) is 0 Å². The minimum Gasteiger partial charge on any atom is -0.484 e. The Kier molecular flexibility index (Phi) is 4.13. The smallest absolute Gasteiger partial charge is 0.311 e. The van der Waals surface area contributed by atoms with Crippen LogP contribution in [0.3, 0.4) is 0 Å². The van der Waals surface area contributed by atoms with E-state index in [4.69, 9.17) is 4.74 Å². The number of hydrogen-bond acceptors (Lipinski definition) is 5. The Morgan fingerprint density at radius 1 is 1.44 bits per heavy atom. The van der Waals surface area contributed by atoms with Gasteiger partial charge in [0.1, 0.15) is 6.61 Å². The van der Waals surface area contributed by atoms with Gasteiger partial charge in [-0.25, -0.2) is 0 Å². The molecule has 1 N–H and O–H groups in total. The first-order valence-electron chi connectivity index (χ1n) is 5.51. The molecule has 0 spiro atoms. The van der Waals surface area contributed by atoms with Crippen LogP contribution in [0.4, 0.5) is 11.4 Å². The number of ether oxygens (including phenoxy) is 1. The topological polar surface area (TPSA) is 75.8 Å². The first-order valence-corrected chi connectivity index (χ1v) is 5.51. The molecule has 0 aliphatic carbocycles. The van der Waals surface area contributed by atoms with E-state index in [1.165, 1.54) is 6.07 Å². The van der Waals surface area contributed by atoms with Gasteiger partial charge in [-0.1, -0.05) is 0 Å². The summed E-state index contributed by atoms with van der Waals surface area (Å²) in [6.07, 6.45) is 0. The second-order valence-corrected chi connectivity index (χ2v) is 4.90. The summed E-state index contributed by atoms with van der Waals surface area (Å²) in [4.78, 5) is 12.2. The van der Waals surface area contributed by atoms with Gasteiger partial charge in [0, 0.05) is 31.9 Å². The number of nitrogens with zero attached hydrogens (tertiary/aromatic N) is 2. The molecule has 0 unspecified atom stereocenters. The Hall–Kier alpha value is -1.82. The maximum absolute atomic E-state index is 10.9. The van der Waals surface area contributed by atoms with Crippen LogP contribution in [0.2, 0.25) is 0 Å². The molecular formula is C12H18N2O4. The molecule has 6 nitrogen and oxygen atoms in total. The van der Waals surface area contributed by atoms with Crippen molar-refractivity contribution in [3.63, 3.8) is 0 Å². The van der Waals surface area contributed by atoms with Gasteiger partial charge in [0.15, 0.2) is 5.75 Å². The van der Waals surface area contributed by atoms with Crippen molar-refractivity contribution in [3.05, 3.63) is 28.3 Å². The van der Waals surface area contributed by atoms with Gasteiger partial charge in [-0.05, 0) is 19.9 Å². The molecule has 100 valence electrons. The number of anilines is 1. The number of benzene rings is 1. The highest BCUT2D eigenvalue weighted by molar-refractivity contribution is 5.58. The molecule has 0 radical (unpaired) electrons. The van der Waals surface area contributed by atoms with Gasteiger partial charge in [-0.3, -0.25) is 10.1 Å². The third kappa shape index (κ3) is 3.89. The Morgan fingerprint density at radius 3 is 2.50 bits per heavy atom. The van der Waals surface area contributed by atoms with E-state index in [9.17, 15) is 15.2 Å². The molecule has 0 saturated heterocycles. The number of nitro benzene ring substituents is 1. The van der Waals surface area contributed by atoms with Gasteiger partial charge >= 0.3 is 5.69 Å². The van der Waals surface area contributed by atoms with Crippen LogP contribution < -0.4 is 9.64 Å². The third-order valence-corrected chi connectivity index (χ3v) is 2.24. The van der Waals surface area contributed by atoms with Crippen LogP contribution in [-0.4, -0.2) is 36.3 Å². The van der Waals surface area contributed by atoms with Crippen molar-refractivity contribution in [3.8, 4) is 5.75 Å². The molecule has 0 aliphatic heterocycles. The van der Waals surface area contributed by atoms with Gasteiger partial charge in [0.05, 0.1) is 10.5 Å². The van der Waals surface area contributed by atoms with Crippen LogP contribution >= 0.6 is 0 Å². The van der Waals surface area contributed by atoms with Gasteiger partial charge in [0.2, 0.25) is 0 Å². The maximum Gasteiger partial charge on any atom is 0.311 e. The highest BCUT2D eigenvalue weighted by atomic mass is 16.6. The maximum atomic E-state index is 10.9. The lowest BCUT2D eigenvalue weighted by Crippen LogP contribution is -2.28. The number of nitro groups is 1. The largest absolute Gasteiger partial charge is 0.484 e. The Bertz CT molecular complexity index is 438. The molecule has 0 atom stereocenters. The first kappa shape index (κ1) is 14.2. The van der Waals surface area contributed by atoms with Crippen molar-refractivity contribution in [2.24, 2.45) is 0 Å². The fourth-order valence-corrected chi connectivity index (χ4v) is 1.30. The zero-order valence-electron chi connectivity index (χ0n) is 11.0. The Balaban J connectivity index is 3.04. The summed E-state index contributed by atoms with van der Waals surface area (Å²) in [6.45, 7) is 3.15. The lowest BCUT2D eigenvalue weighted by molar-refractivity contribution is -0.386. The number of aliphatic hydroxyl groups is 1. The molecule has 18 heavy (non-hydrogen) atoms. The molecule has 0 heterocycles. The van der Waals surface area contributed by atoms with Gasteiger partial charge in [-0.15, -0.1) is 0 Å². The average Bonchev–Trinajstić information content (AvgIpc) is 2.24. The summed E-state index contributed by atoms with van der Waals surface area (Å²) < 4.78 is 5.34. The van der Waals surface area contributed by atoms with Crippen molar-refractivity contribution >= 4 is 11.4 Å². The molecule has 0 aromatic heterocycles. The standard InChI is InChI=1S/C12H18N2O4/c1-12(2,15)8-18-11-7-9(13(3)4)5-6-10(11)14(16)17/h5-7,15H,8H2,1-4H3. The second kappa shape index (κ2) is 5.22. The number of rotatable bonds is 5. The minimum absolute atomic E-state index is 0.00920. The predicted octanol–water partition coefficient (Wildman–Crippen LogP) is 1.81. The van der Waals surface area contributed by atoms with E-state index in [-0.39, 0.29) is 18.0 Å². The van der Waals surface area contributed by atoms with Crippen LogP contribution in [0.1, 0.15) is 13.8 Å². The summed E-state index contributed by atoms with van der Waals surface area (Å²) in [7, 11) is 3.67. The monoisotopic (exact) mass is 254 g/mol. The van der Waals surface area contributed by atoms with Gasteiger partial charge in [0.25, 0.3) is 0 Å². The van der Waals surface area contributed by atoms with E-state index in [0.29, 0.717) is 0 Å². The van der Waals surface area contributed by atoms with Crippen molar-refractivity contribution < 1.29 is 14.8 Å². The van der Waals surface area contributed by atoms with E-state index in [2.05, 4.69) is 0 Å². The molecular weight excluding hydrogens is 236 g/mol. The van der Waals surface area contributed by atoms with Crippen molar-refractivity contribution in [1.29, 1.82) is 0 Å². The SMILES string of the molecule is CN(C)c1ccc([N+](=O)[O-])c(OCC(C)(C)O)c1. The Labute approximate surface area is 106 Å². The van der Waals surface area contributed by atoms with Gasteiger partial charge < -0.3 is 14.7 Å². The zero-order chi connectivity index (χ0) is 13.9. The van der Waals surface area contributed by atoms with E-state index in [1.54, 1.807) is 26.0 Å². The molecule has 0 saturated carbocycles. The normalized spacial score (nSPS) is 11.2. The van der Waals surface area contributed by atoms with E-state index < -0.39 is 10.5 Å². The average molecular weight is 254 g/mol. The molecule has 1 rings (SSSR count). The molecule has 0 fully saturated rings. The van der Waals surface area contributed by atoms with Crippen LogP contribution in [0.25, 0.3) is 0 Å². The lowest BCUT2D eigenvalue weighted by atomic mass is 10.1. The summed E-state index contributed by atoms with van der Waals surface area (Å²) >= 11 is 0. The Morgan fingerprint density at radius 2 is 2.06 bits per heavy atom. The molecule has 1 aromatic rings. The zero-order valence-corrected chi connectivity index (χ0v) is 11.0. The fourth-order valence-electron chi connectivity index (χ4n) is 1.30. The minimum atomic E-state index is -1.04. The molecule has 0 bridgehead atoms. The van der Waals surface area contributed by atoms with Crippen LogP contribution in [0, 0.1) is 10.1 Å². The first-order chi connectivity index (χ1) is 8.20. The third-order valence-electron chi connectivity index (χ3n) is 2.24. The molecule has 1 aromatic carbocycles. The summed E-state index contributed by atoms with van der Waals surface area (Å²) in [5.74, 6) is 0.160. The summed E-state index contributed by atoms with van der Waals surface area (Å²) in [5, 5.41) is 20.5. The van der Waals surface area contributed by atoms with E-state index >= 15 is 0 Å².